The molecule has 9 heteroatoms. The average molecular weight is 328 g/mol. The van der Waals surface area contributed by atoms with Crippen LogP contribution in [0.5, 0.6) is 0 Å². The van der Waals surface area contributed by atoms with Crippen LogP contribution in [0.25, 0.3) is 0 Å². The van der Waals surface area contributed by atoms with Gasteiger partial charge in [0.15, 0.2) is 0 Å². The second-order valence-electron chi connectivity index (χ2n) is 4.66. The first-order valence-corrected chi connectivity index (χ1v) is 8.07. The summed E-state index contributed by atoms with van der Waals surface area (Å²) in [6.07, 6.45) is 0. The first-order valence-electron chi connectivity index (χ1n) is 6.59. The molecule has 1 saturated heterocycles. The number of carbonyl (C=O) groups is 2. The van der Waals surface area contributed by atoms with Gasteiger partial charge in [-0.15, -0.1) is 0 Å². The van der Waals surface area contributed by atoms with Crippen molar-refractivity contribution >= 4 is 21.9 Å². The Balaban J connectivity index is 1.93. The number of benzene rings is 1. The van der Waals surface area contributed by atoms with Crippen LogP contribution in [-0.4, -0.2) is 63.1 Å². The molecule has 0 saturated carbocycles. The summed E-state index contributed by atoms with van der Waals surface area (Å²) in [5.74, 6) is -1.29. The van der Waals surface area contributed by atoms with Gasteiger partial charge in [0.2, 0.25) is 15.9 Å². The molecule has 22 heavy (non-hydrogen) atoms. The molecule has 1 fully saturated rings. The predicted octanol–water partition coefficient (Wildman–Crippen LogP) is -0.478. The van der Waals surface area contributed by atoms with Gasteiger partial charge in [-0.1, -0.05) is 0 Å². The van der Waals surface area contributed by atoms with Crippen molar-refractivity contribution in [3.63, 3.8) is 0 Å². The number of morpholine rings is 1. The Morgan fingerprint density at radius 3 is 2.59 bits per heavy atom. The first kappa shape index (κ1) is 16.4. The third kappa shape index (κ3) is 4.03. The minimum absolute atomic E-state index is 0.0119. The molecule has 1 amide bonds. The van der Waals surface area contributed by atoms with Crippen LogP contribution in [0.2, 0.25) is 0 Å². The number of hydrogen-bond donors (Lipinski definition) is 2. The molecular formula is C13H16N2O6S. The standard InChI is InChI=1S/C13H16N2O6S/c16-12-9-21-8-7-15(12)6-5-14-22(19,20)11-3-1-10(2-4-11)13(17)18/h1-4,14H,5-9H2,(H,17,18). The van der Waals surface area contributed by atoms with E-state index >= 15 is 0 Å². The number of nitrogens with one attached hydrogen (secondary N) is 1. The zero-order valence-corrected chi connectivity index (χ0v) is 12.5. The molecule has 0 atom stereocenters. The number of ether oxygens (including phenoxy) is 1. The van der Waals surface area contributed by atoms with Gasteiger partial charge >= 0.3 is 5.97 Å². The van der Waals surface area contributed by atoms with Crippen molar-refractivity contribution < 1.29 is 27.9 Å². The molecule has 1 aromatic carbocycles. The molecule has 1 aromatic rings. The average Bonchev–Trinajstić information content (AvgIpc) is 2.49. The number of sulfonamides is 1. The summed E-state index contributed by atoms with van der Waals surface area (Å²) in [6.45, 7) is 1.23. The summed E-state index contributed by atoms with van der Waals surface area (Å²) < 4.78 is 31.5. The van der Waals surface area contributed by atoms with Gasteiger partial charge in [-0.3, -0.25) is 4.79 Å². The molecule has 0 spiro atoms. The van der Waals surface area contributed by atoms with Gasteiger partial charge in [0.25, 0.3) is 0 Å². The highest BCUT2D eigenvalue weighted by atomic mass is 32.2. The molecule has 0 unspecified atom stereocenters. The summed E-state index contributed by atoms with van der Waals surface area (Å²) in [7, 11) is -3.73. The maximum absolute atomic E-state index is 12.0. The van der Waals surface area contributed by atoms with Crippen LogP contribution < -0.4 is 4.72 Å². The van der Waals surface area contributed by atoms with E-state index in [9.17, 15) is 18.0 Å². The van der Waals surface area contributed by atoms with E-state index in [2.05, 4.69) is 4.72 Å². The van der Waals surface area contributed by atoms with Crippen molar-refractivity contribution in [2.24, 2.45) is 0 Å². The summed E-state index contributed by atoms with van der Waals surface area (Å²) in [5, 5.41) is 8.78. The summed E-state index contributed by atoms with van der Waals surface area (Å²) in [5.41, 5.74) is 0.0119. The summed E-state index contributed by atoms with van der Waals surface area (Å²) >= 11 is 0. The van der Waals surface area contributed by atoms with Crippen molar-refractivity contribution in [2.45, 2.75) is 4.90 Å². The topological polar surface area (TPSA) is 113 Å². The Hall–Kier alpha value is -1.97. The Kier molecular flexibility index (Phi) is 5.11. The molecular weight excluding hydrogens is 312 g/mol. The zero-order valence-electron chi connectivity index (χ0n) is 11.7. The lowest BCUT2D eigenvalue weighted by Crippen LogP contribution is -2.45. The molecule has 120 valence electrons. The van der Waals surface area contributed by atoms with Gasteiger partial charge < -0.3 is 14.7 Å². The van der Waals surface area contributed by atoms with E-state index in [0.717, 1.165) is 0 Å². The van der Waals surface area contributed by atoms with Gasteiger partial charge in [0.05, 0.1) is 17.1 Å². The lowest BCUT2D eigenvalue weighted by atomic mass is 10.2. The number of carboxylic acid groups (broad SMARTS) is 1. The van der Waals surface area contributed by atoms with Crippen molar-refractivity contribution in [1.82, 2.24) is 9.62 Å². The smallest absolute Gasteiger partial charge is 0.335 e. The molecule has 0 bridgehead atoms. The number of amides is 1. The predicted molar refractivity (Wildman–Crippen MR) is 76.0 cm³/mol. The van der Waals surface area contributed by atoms with Crippen LogP contribution >= 0.6 is 0 Å². The van der Waals surface area contributed by atoms with Gasteiger partial charge in [-0.2, -0.15) is 0 Å². The minimum Gasteiger partial charge on any atom is -0.478 e. The van der Waals surface area contributed by atoms with E-state index in [1.807, 2.05) is 0 Å². The van der Waals surface area contributed by atoms with Gasteiger partial charge in [-0.05, 0) is 24.3 Å². The van der Waals surface area contributed by atoms with E-state index in [-0.39, 0.29) is 36.1 Å². The second kappa shape index (κ2) is 6.86. The van der Waals surface area contributed by atoms with Crippen LogP contribution in [0.15, 0.2) is 29.2 Å². The Bertz CT molecular complexity index is 656. The van der Waals surface area contributed by atoms with Crippen LogP contribution in [0.1, 0.15) is 10.4 Å². The van der Waals surface area contributed by atoms with E-state index in [1.165, 1.54) is 29.2 Å². The Morgan fingerprint density at radius 2 is 2.00 bits per heavy atom. The van der Waals surface area contributed by atoms with Crippen molar-refractivity contribution in [3.05, 3.63) is 29.8 Å². The molecule has 1 aliphatic heterocycles. The highest BCUT2D eigenvalue weighted by molar-refractivity contribution is 7.89. The van der Waals surface area contributed by atoms with E-state index < -0.39 is 16.0 Å². The lowest BCUT2D eigenvalue weighted by Gasteiger charge is -2.26. The fourth-order valence-corrected chi connectivity index (χ4v) is 2.98. The van der Waals surface area contributed by atoms with Crippen molar-refractivity contribution in [2.75, 3.05) is 32.8 Å². The van der Waals surface area contributed by atoms with Crippen molar-refractivity contribution in [1.29, 1.82) is 0 Å². The molecule has 1 heterocycles. The number of nitrogens with zero attached hydrogens (tertiary/aromatic N) is 1. The van der Waals surface area contributed by atoms with Gasteiger partial charge in [0, 0.05) is 19.6 Å². The SMILES string of the molecule is O=C(O)c1ccc(S(=O)(=O)NCCN2CCOCC2=O)cc1. The highest BCUT2D eigenvalue weighted by Crippen LogP contribution is 2.10. The molecule has 8 nitrogen and oxygen atoms in total. The maximum Gasteiger partial charge on any atom is 0.335 e. The molecule has 0 aliphatic carbocycles. The van der Waals surface area contributed by atoms with Crippen LogP contribution in [-0.2, 0) is 19.6 Å². The number of hydrogen-bond acceptors (Lipinski definition) is 5. The van der Waals surface area contributed by atoms with Gasteiger partial charge in [-0.25, -0.2) is 17.9 Å². The fourth-order valence-electron chi connectivity index (χ4n) is 1.96. The molecule has 1 aliphatic rings. The van der Waals surface area contributed by atoms with Crippen LogP contribution in [0.4, 0.5) is 0 Å². The first-order chi connectivity index (χ1) is 10.4. The second-order valence-corrected chi connectivity index (χ2v) is 6.43. The van der Waals surface area contributed by atoms with Crippen LogP contribution in [0.3, 0.4) is 0 Å². The minimum atomic E-state index is -3.73. The zero-order chi connectivity index (χ0) is 16.2. The monoisotopic (exact) mass is 328 g/mol. The molecule has 2 rings (SSSR count). The van der Waals surface area contributed by atoms with Crippen LogP contribution in [0, 0.1) is 0 Å². The number of aromatic carboxylic acids is 1. The van der Waals surface area contributed by atoms with Crippen molar-refractivity contribution in [3.8, 4) is 0 Å². The number of carbonyl (C=O) groups excluding carboxylic acids is 1. The molecule has 0 aromatic heterocycles. The van der Waals surface area contributed by atoms with E-state index in [0.29, 0.717) is 13.2 Å². The maximum atomic E-state index is 12.0. The molecule has 2 N–H and O–H groups in total. The highest BCUT2D eigenvalue weighted by Gasteiger charge is 2.19. The fraction of sp³-hybridized carbons (Fsp3) is 0.385. The lowest BCUT2D eigenvalue weighted by molar-refractivity contribution is -0.142. The van der Waals surface area contributed by atoms with Gasteiger partial charge in [0.1, 0.15) is 6.61 Å². The number of carboxylic acids is 1. The largest absolute Gasteiger partial charge is 0.478 e. The molecule has 0 radical (unpaired) electrons. The quantitative estimate of drug-likeness (QED) is 0.729. The summed E-state index contributed by atoms with van der Waals surface area (Å²) in [6, 6.07) is 4.90. The normalized spacial score (nSPS) is 15.8. The third-order valence-electron chi connectivity index (χ3n) is 3.17. The van der Waals surface area contributed by atoms with E-state index in [4.69, 9.17) is 9.84 Å². The Labute approximate surface area is 127 Å². The Morgan fingerprint density at radius 1 is 1.32 bits per heavy atom. The number of rotatable bonds is 6. The third-order valence-corrected chi connectivity index (χ3v) is 4.65. The van der Waals surface area contributed by atoms with E-state index in [1.54, 1.807) is 0 Å². The summed E-state index contributed by atoms with van der Waals surface area (Å²) in [4.78, 5) is 23.7.